The van der Waals surface area contributed by atoms with Gasteiger partial charge < -0.3 is 15.1 Å². The Hall–Kier alpha value is -5.04. The maximum absolute atomic E-state index is 12.6. The molecule has 7 heteroatoms. The molecule has 1 amide bonds. The van der Waals surface area contributed by atoms with Gasteiger partial charge in [0.2, 0.25) is 5.91 Å². The van der Waals surface area contributed by atoms with Gasteiger partial charge in [-0.1, -0.05) is 48.5 Å². The first-order chi connectivity index (χ1) is 17.5. The van der Waals surface area contributed by atoms with Gasteiger partial charge >= 0.3 is 0 Å². The van der Waals surface area contributed by atoms with Gasteiger partial charge in [-0.05, 0) is 43.3 Å². The van der Waals surface area contributed by atoms with Crippen LogP contribution < -0.4 is 16.1 Å². The third kappa shape index (κ3) is 5.20. The predicted octanol–water partition coefficient (Wildman–Crippen LogP) is 5.95. The molecule has 0 unspecified atom stereocenters. The van der Waals surface area contributed by atoms with Crippen molar-refractivity contribution in [1.29, 1.82) is 0 Å². The van der Waals surface area contributed by atoms with E-state index in [1.165, 1.54) is 18.4 Å². The molecule has 176 valence electrons. The summed E-state index contributed by atoms with van der Waals surface area (Å²) in [6.45, 7) is 1.84. The lowest BCUT2D eigenvalue weighted by atomic mass is 10.1. The second-order valence-corrected chi connectivity index (χ2v) is 8.10. The van der Waals surface area contributed by atoms with E-state index < -0.39 is 0 Å². The number of nitrogens with one attached hydrogen (secondary N) is 2. The van der Waals surface area contributed by atoms with Gasteiger partial charge in [-0.2, -0.15) is 0 Å². The number of anilines is 3. The van der Waals surface area contributed by atoms with Crippen LogP contribution in [0.5, 0.6) is 0 Å². The second-order valence-electron chi connectivity index (χ2n) is 8.10. The molecule has 0 saturated heterocycles. The van der Waals surface area contributed by atoms with Crippen LogP contribution >= 0.6 is 0 Å². The Morgan fingerprint density at radius 2 is 1.67 bits per heavy atom. The number of amides is 1. The first-order valence-electron chi connectivity index (χ1n) is 11.3. The van der Waals surface area contributed by atoms with Crippen molar-refractivity contribution in [3.63, 3.8) is 0 Å². The van der Waals surface area contributed by atoms with Crippen molar-refractivity contribution in [3.05, 3.63) is 119 Å². The molecule has 0 aliphatic carbocycles. The summed E-state index contributed by atoms with van der Waals surface area (Å²) in [5, 5.41) is 6.56. The molecule has 0 fully saturated rings. The quantitative estimate of drug-likeness (QED) is 0.295. The van der Waals surface area contributed by atoms with Gasteiger partial charge in [0.25, 0.3) is 0 Å². The number of nitrogens with zero attached hydrogens (tertiary/aromatic N) is 2. The van der Waals surface area contributed by atoms with Gasteiger partial charge in [-0.3, -0.25) is 9.59 Å². The molecule has 0 atom stereocenters. The van der Waals surface area contributed by atoms with Crippen LogP contribution in [-0.4, -0.2) is 15.9 Å². The SMILES string of the molecule is Cc1nc(Nc2cccc(NC(=O)/C=C/c3coc4ccccc4c3=O)c2)cc(-c2ccccc2)n1. The van der Waals surface area contributed by atoms with E-state index >= 15 is 0 Å². The molecule has 0 aliphatic heterocycles. The standard InChI is InChI=1S/C29H22N4O3/c1-19-30-25(20-8-3-2-4-9-20)17-27(31-19)32-22-10-7-11-23(16-22)33-28(34)15-14-21-18-36-26-13-6-5-12-24(26)29(21)35/h2-18H,1H3,(H,33,34)(H,30,31,32)/b15-14+. The zero-order valence-corrected chi connectivity index (χ0v) is 19.4. The van der Waals surface area contributed by atoms with Crippen LogP contribution in [0.1, 0.15) is 11.4 Å². The van der Waals surface area contributed by atoms with Crippen LogP contribution in [0.2, 0.25) is 0 Å². The zero-order chi connectivity index (χ0) is 24.9. The summed E-state index contributed by atoms with van der Waals surface area (Å²) in [6.07, 6.45) is 4.11. The van der Waals surface area contributed by atoms with Crippen molar-refractivity contribution in [2.24, 2.45) is 0 Å². The van der Waals surface area contributed by atoms with Crippen LogP contribution in [0.25, 0.3) is 28.3 Å². The van der Waals surface area contributed by atoms with Gasteiger partial charge in [0.1, 0.15) is 23.5 Å². The molecule has 0 bridgehead atoms. The fourth-order valence-corrected chi connectivity index (χ4v) is 3.77. The summed E-state index contributed by atoms with van der Waals surface area (Å²) in [6, 6.07) is 26.0. The lowest BCUT2D eigenvalue weighted by Crippen LogP contribution is -2.09. The van der Waals surface area contributed by atoms with E-state index in [9.17, 15) is 9.59 Å². The highest BCUT2D eigenvalue weighted by atomic mass is 16.3. The summed E-state index contributed by atoms with van der Waals surface area (Å²) in [7, 11) is 0. The number of fused-ring (bicyclic) bond motifs is 1. The summed E-state index contributed by atoms with van der Waals surface area (Å²) < 4.78 is 5.49. The highest BCUT2D eigenvalue weighted by Gasteiger charge is 2.07. The second kappa shape index (κ2) is 10.1. The Morgan fingerprint density at radius 1 is 0.889 bits per heavy atom. The highest BCUT2D eigenvalue weighted by Crippen LogP contribution is 2.23. The number of hydrogen-bond donors (Lipinski definition) is 2. The van der Waals surface area contributed by atoms with Gasteiger partial charge in [0, 0.05) is 29.1 Å². The Kier molecular flexibility index (Phi) is 6.36. The van der Waals surface area contributed by atoms with Crippen molar-refractivity contribution in [3.8, 4) is 11.3 Å². The van der Waals surface area contributed by atoms with Gasteiger partial charge in [-0.15, -0.1) is 0 Å². The number of hydrogen-bond acceptors (Lipinski definition) is 6. The van der Waals surface area contributed by atoms with E-state index in [0.717, 1.165) is 16.9 Å². The summed E-state index contributed by atoms with van der Waals surface area (Å²) in [4.78, 5) is 34.1. The normalized spacial score (nSPS) is 11.0. The molecule has 2 N–H and O–H groups in total. The number of benzene rings is 3. The Labute approximate surface area is 207 Å². The number of carbonyl (C=O) groups is 1. The lowest BCUT2D eigenvalue weighted by Gasteiger charge is -2.10. The summed E-state index contributed by atoms with van der Waals surface area (Å²) >= 11 is 0. The highest BCUT2D eigenvalue weighted by molar-refractivity contribution is 6.02. The van der Waals surface area contributed by atoms with Gasteiger partial charge in [0.15, 0.2) is 5.43 Å². The summed E-state index contributed by atoms with van der Waals surface area (Å²) in [5.41, 5.74) is 3.77. The third-order valence-corrected chi connectivity index (χ3v) is 5.43. The van der Waals surface area contributed by atoms with E-state index in [4.69, 9.17) is 4.42 Å². The van der Waals surface area contributed by atoms with E-state index in [2.05, 4.69) is 20.6 Å². The Bertz CT molecular complexity index is 1640. The fourth-order valence-electron chi connectivity index (χ4n) is 3.77. The maximum atomic E-state index is 12.6. The molecule has 2 heterocycles. The van der Waals surface area contributed by atoms with Crippen LogP contribution in [0.15, 0.2) is 106 Å². The van der Waals surface area contributed by atoms with Crippen LogP contribution in [0, 0.1) is 6.92 Å². The molecule has 2 aromatic heterocycles. The molecule has 0 spiro atoms. The monoisotopic (exact) mass is 474 g/mol. The minimum absolute atomic E-state index is 0.192. The molecule has 0 radical (unpaired) electrons. The van der Waals surface area contributed by atoms with Crippen LogP contribution in [-0.2, 0) is 4.79 Å². The number of aromatic nitrogens is 2. The molecule has 0 saturated carbocycles. The van der Waals surface area contributed by atoms with Gasteiger partial charge in [0.05, 0.1) is 16.6 Å². The van der Waals surface area contributed by atoms with Crippen molar-refractivity contribution in [2.45, 2.75) is 6.92 Å². The van der Waals surface area contributed by atoms with Crippen LogP contribution in [0.3, 0.4) is 0 Å². The molecular weight excluding hydrogens is 452 g/mol. The molecule has 0 aliphatic rings. The fraction of sp³-hybridized carbons (Fsp3) is 0.0345. The summed E-state index contributed by atoms with van der Waals surface area (Å²) in [5.74, 6) is 0.920. The maximum Gasteiger partial charge on any atom is 0.248 e. The number of rotatable bonds is 6. The number of carbonyl (C=O) groups excluding carboxylic acids is 1. The van der Waals surface area contributed by atoms with E-state index in [1.807, 2.05) is 55.5 Å². The predicted molar refractivity (Wildman–Crippen MR) is 142 cm³/mol. The minimum atomic E-state index is -0.371. The Balaban J connectivity index is 1.30. The molecule has 5 aromatic rings. The molecule has 3 aromatic carbocycles. The topological polar surface area (TPSA) is 97.1 Å². The average Bonchev–Trinajstić information content (AvgIpc) is 2.89. The lowest BCUT2D eigenvalue weighted by molar-refractivity contribution is -0.111. The van der Waals surface area contributed by atoms with Crippen LogP contribution in [0.4, 0.5) is 17.2 Å². The third-order valence-electron chi connectivity index (χ3n) is 5.43. The van der Waals surface area contributed by atoms with Crippen molar-refractivity contribution >= 4 is 40.1 Å². The first kappa shape index (κ1) is 22.7. The molecule has 7 nitrogen and oxygen atoms in total. The van der Waals surface area contributed by atoms with Crippen molar-refractivity contribution in [1.82, 2.24) is 9.97 Å². The van der Waals surface area contributed by atoms with Crippen molar-refractivity contribution < 1.29 is 9.21 Å². The van der Waals surface area contributed by atoms with Gasteiger partial charge in [-0.25, -0.2) is 9.97 Å². The molecular formula is C29H22N4O3. The zero-order valence-electron chi connectivity index (χ0n) is 19.4. The Morgan fingerprint density at radius 3 is 2.53 bits per heavy atom. The number of aryl methyl sites for hydroxylation is 1. The first-order valence-corrected chi connectivity index (χ1v) is 11.3. The van der Waals surface area contributed by atoms with E-state index in [-0.39, 0.29) is 11.3 Å². The minimum Gasteiger partial charge on any atom is -0.463 e. The van der Waals surface area contributed by atoms with Crippen molar-refractivity contribution in [2.75, 3.05) is 10.6 Å². The number of para-hydroxylation sites is 1. The average molecular weight is 475 g/mol. The smallest absolute Gasteiger partial charge is 0.248 e. The van der Waals surface area contributed by atoms with E-state index in [1.54, 1.807) is 36.4 Å². The molecule has 5 rings (SSSR count). The van der Waals surface area contributed by atoms with E-state index in [0.29, 0.717) is 33.9 Å². The molecule has 36 heavy (non-hydrogen) atoms. The largest absolute Gasteiger partial charge is 0.463 e.